The minimum Gasteiger partial charge on any atom is -0.497 e. The van der Waals surface area contributed by atoms with Crippen LogP contribution in [0.15, 0.2) is 45.3 Å². The van der Waals surface area contributed by atoms with Crippen LogP contribution in [0.25, 0.3) is 11.0 Å². The molecule has 0 saturated heterocycles. The fourth-order valence-corrected chi connectivity index (χ4v) is 3.05. The average Bonchev–Trinajstić information content (AvgIpc) is 2.95. The van der Waals surface area contributed by atoms with E-state index in [1.54, 1.807) is 43.3 Å². The standard InChI is InChI=1S/C20H18BrFO5/c1-3-25-19(23)8-12-4-6-14(24-2)10-18(12)26-11-16-15-9-13(21)5-7-17(15)27-20(16)22/h4-7,9-10H,3,8,11H2,1-2H3. The average molecular weight is 437 g/mol. The first kappa shape index (κ1) is 19.2. The molecule has 1 heterocycles. The van der Waals surface area contributed by atoms with Crippen LogP contribution in [0.3, 0.4) is 0 Å². The van der Waals surface area contributed by atoms with Crippen LogP contribution in [0.4, 0.5) is 4.39 Å². The first-order valence-corrected chi connectivity index (χ1v) is 9.13. The molecule has 2 aromatic carbocycles. The summed E-state index contributed by atoms with van der Waals surface area (Å²) < 4.78 is 36.2. The van der Waals surface area contributed by atoms with Gasteiger partial charge in [-0.15, -0.1) is 0 Å². The molecule has 0 radical (unpaired) electrons. The maximum absolute atomic E-state index is 14.2. The summed E-state index contributed by atoms with van der Waals surface area (Å²) in [7, 11) is 1.53. The lowest BCUT2D eigenvalue weighted by Crippen LogP contribution is -2.09. The van der Waals surface area contributed by atoms with Crippen molar-refractivity contribution in [3.63, 3.8) is 0 Å². The Bertz CT molecular complexity index is 966. The number of fused-ring (bicyclic) bond motifs is 1. The minimum absolute atomic E-state index is 0.0489. The number of ether oxygens (including phenoxy) is 3. The molecule has 0 spiro atoms. The van der Waals surface area contributed by atoms with Crippen molar-refractivity contribution >= 4 is 32.9 Å². The van der Waals surface area contributed by atoms with Crippen molar-refractivity contribution in [3.05, 3.63) is 58.0 Å². The second kappa shape index (κ2) is 8.43. The first-order chi connectivity index (χ1) is 13.0. The lowest BCUT2D eigenvalue weighted by Gasteiger charge is -2.12. The second-order valence-corrected chi connectivity index (χ2v) is 6.65. The molecular weight excluding hydrogens is 419 g/mol. The van der Waals surface area contributed by atoms with Crippen molar-refractivity contribution in [1.82, 2.24) is 0 Å². The number of methoxy groups -OCH3 is 1. The highest BCUT2D eigenvalue weighted by molar-refractivity contribution is 9.10. The zero-order chi connectivity index (χ0) is 19.4. The number of furan rings is 1. The Hall–Kier alpha value is -2.54. The lowest BCUT2D eigenvalue weighted by atomic mass is 10.1. The zero-order valence-electron chi connectivity index (χ0n) is 14.9. The number of hydrogen-bond acceptors (Lipinski definition) is 5. The van der Waals surface area contributed by atoms with Crippen LogP contribution < -0.4 is 9.47 Å². The largest absolute Gasteiger partial charge is 0.497 e. The fourth-order valence-electron chi connectivity index (χ4n) is 2.69. The molecule has 0 aliphatic carbocycles. The number of halogens is 2. The summed E-state index contributed by atoms with van der Waals surface area (Å²) in [6.45, 7) is 1.98. The number of carbonyl (C=O) groups excluding carboxylic acids is 1. The van der Waals surface area contributed by atoms with E-state index in [-0.39, 0.29) is 19.0 Å². The van der Waals surface area contributed by atoms with Gasteiger partial charge in [0.1, 0.15) is 23.7 Å². The molecule has 0 fully saturated rings. The van der Waals surface area contributed by atoms with E-state index in [2.05, 4.69) is 15.9 Å². The van der Waals surface area contributed by atoms with E-state index in [1.165, 1.54) is 7.11 Å². The molecule has 142 valence electrons. The maximum Gasteiger partial charge on any atom is 0.310 e. The highest BCUT2D eigenvalue weighted by atomic mass is 79.9. The minimum atomic E-state index is -0.696. The summed E-state index contributed by atoms with van der Waals surface area (Å²) >= 11 is 3.37. The van der Waals surface area contributed by atoms with Gasteiger partial charge in [-0.3, -0.25) is 4.79 Å². The summed E-state index contributed by atoms with van der Waals surface area (Å²) in [4.78, 5) is 11.8. The van der Waals surface area contributed by atoms with Crippen molar-refractivity contribution in [1.29, 1.82) is 0 Å². The van der Waals surface area contributed by atoms with Gasteiger partial charge < -0.3 is 18.6 Å². The number of rotatable bonds is 7. The van der Waals surface area contributed by atoms with Gasteiger partial charge in [0.05, 0.1) is 25.7 Å². The molecule has 0 unspecified atom stereocenters. The molecule has 0 N–H and O–H groups in total. The molecular formula is C20H18BrFO5. The topological polar surface area (TPSA) is 57.9 Å². The number of carbonyl (C=O) groups is 1. The Balaban J connectivity index is 1.87. The van der Waals surface area contributed by atoms with Crippen LogP contribution in [-0.4, -0.2) is 19.7 Å². The molecule has 0 bridgehead atoms. The van der Waals surface area contributed by atoms with Gasteiger partial charge in [0.2, 0.25) is 0 Å². The normalized spacial score (nSPS) is 10.8. The van der Waals surface area contributed by atoms with Crippen LogP contribution in [0, 0.1) is 6.01 Å². The molecule has 0 aliphatic rings. The Morgan fingerprint density at radius 1 is 1.22 bits per heavy atom. The Morgan fingerprint density at radius 2 is 2.04 bits per heavy atom. The van der Waals surface area contributed by atoms with Crippen LogP contribution in [0.2, 0.25) is 0 Å². The lowest BCUT2D eigenvalue weighted by molar-refractivity contribution is -0.142. The second-order valence-electron chi connectivity index (χ2n) is 5.74. The van der Waals surface area contributed by atoms with Crippen molar-refractivity contribution < 1.29 is 27.8 Å². The SMILES string of the molecule is CCOC(=O)Cc1ccc(OC)cc1OCc1c(F)oc2ccc(Br)cc12. The molecule has 0 saturated carbocycles. The third kappa shape index (κ3) is 4.42. The summed E-state index contributed by atoms with van der Waals surface area (Å²) in [6.07, 6.45) is 0.0489. The Kier molecular flexibility index (Phi) is 6.01. The quantitative estimate of drug-likeness (QED) is 0.486. The van der Waals surface area contributed by atoms with E-state index in [4.69, 9.17) is 18.6 Å². The predicted molar refractivity (Wildman–Crippen MR) is 102 cm³/mol. The van der Waals surface area contributed by atoms with Crippen molar-refractivity contribution in [3.8, 4) is 11.5 Å². The van der Waals surface area contributed by atoms with E-state index in [9.17, 15) is 9.18 Å². The van der Waals surface area contributed by atoms with E-state index >= 15 is 0 Å². The monoisotopic (exact) mass is 436 g/mol. The highest BCUT2D eigenvalue weighted by Crippen LogP contribution is 2.31. The third-order valence-electron chi connectivity index (χ3n) is 3.99. The molecule has 0 atom stereocenters. The van der Waals surface area contributed by atoms with Gasteiger partial charge in [-0.1, -0.05) is 22.0 Å². The summed E-state index contributed by atoms with van der Waals surface area (Å²) in [5, 5.41) is 0.622. The van der Waals surface area contributed by atoms with Gasteiger partial charge in [-0.05, 0) is 31.2 Å². The number of esters is 1. The van der Waals surface area contributed by atoms with E-state index < -0.39 is 6.01 Å². The molecule has 7 heteroatoms. The smallest absolute Gasteiger partial charge is 0.310 e. The fraction of sp³-hybridized carbons (Fsp3) is 0.250. The van der Waals surface area contributed by atoms with Crippen LogP contribution in [-0.2, 0) is 22.6 Å². The first-order valence-electron chi connectivity index (χ1n) is 8.33. The molecule has 3 rings (SSSR count). The summed E-state index contributed by atoms with van der Waals surface area (Å²) in [5.41, 5.74) is 1.37. The van der Waals surface area contributed by atoms with Crippen LogP contribution in [0.5, 0.6) is 11.5 Å². The Morgan fingerprint density at radius 3 is 2.78 bits per heavy atom. The molecule has 1 aromatic heterocycles. The van der Waals surface area contributed by atoms with E-state index in [0.29, 0.717) is 40.2 Å². The van der Waals surface area contributed by atoms with Gasteiger partial charge in [0.15, 0.2) is 0 Å². The molecule has 0 amide bonds. The number of benzene rings is 2. The maximum atomic E-state index is 14.2. The summed E-state index contributed by atoms with van der Waals surface area (Å²) in [5.74, 6) is 0.625. The zero-order valence-corrected chi connectivity index (χ0v) is 16.5. The molecule has 3 aromatic rings. The van der Waals surface area contributed by atoms with Gasteiger partial charge >= 0.3 is 5.97 Å². The molecule has 27 heavy (non-hydrogen) atoms. The summed E-state index contributed by atoms with van der Waals surface area (Å²) in [6, 6.07) is 9.64. The molecule has 0 aliphatic heterocycles. The Labute approximate surface area is 164 Å². The third-order valence-corrected chi connectivity index (χ3v) is 4.48. The van der Waals surface area contributed by atoms with Crippen LogP contribution in [0.1, 0.15) is 18.1 Å². The van der Waals surface area contributed by atoms with Gasteiger partial charge in [-0.25, -0.2) is 0 Å². The van der Waals surface area contributed by atoms with E-state index in [1.807, 2.05) is 0 Å². The van der Waals surface area contributed by atoms with Gasteiger partial charge in [-0.2, -0.15) is 4.39 Å². The molecule has 5 nitrogen and oxygen atoms in total. The predicted octanol–water partition coefficient (Wildman–Crippen LogP) is 5.03. The van der Waals surface area contributed by atoms with Crippen molar-refractivity contribution in [2.45, 2.75) is 20.0 Å². The van der Waals surface area contributed by atoms with Crippen molar-refractivity contribution in [2.75, 3.05) is 13.7 Å². The van der Waals surface area contributed by atoms with Gasteiger partial charge in [0, 0.05) is 21.5 Å². The highest BCUT2D eigenvalue weighted by Gasteiger charge is 2.17. The number of hydrogen-bond donors (Lipinski definition) is 0. The van der Waals surface area contributed by atoms with Crippen molar-refractivity contribution in [2.24, 2.45) is 0 Å². The van der Waals surface area contributed by atoms with Crippen LogP contribution >= 0.6 is 15.9 Å². The van der Waals surface area contributed by atoms with Gasteiger partial charge in [0.25, 0.3) is 6.01 Å². The van der Waals surface area contributed by atoms with E-state index in [0.717, 1.165) is 4.47 Å².